The van der Waals surface area contributed by atoms with E-state index in [4.69, 9.17) is 0 Å². The first-order valence-corrected chi connectivity index (χ1v) is 11.5. The third-order valence-corrected chi connectivity index (χ3v) is 6.95. The molecule has 0 aromatic heterocycles. The maximum Gasteiger partial charge on any atom is 0.228 e. The predicted molar refractivity (Wildman–Crippen MR) is 116 cm³/mol. The molecule has 1 aromatic rings. The first-order chi connectivity index (χ1) is 14.5. The predicted octanol–water partition coefficient (Wildman–Crippen LogP) is 3.04. The zero-order valence-electron chi connectivity index (χ0n) is 17.9. The van der Waals surface area contributed by atoms with Gasteiger partial charge in [-0.3, -0.25) is 14.4 Å². The van der Waals surface area contributed by atoms with E-state index >= 15 is 0 Å². The van der Waals surface area contributed by atoms with Crippen LogP contribution in [-0.4, -0.2) is 48.3 Å². The Morgan fingerprint density at radius 2 is 1.60 bits per heavy atom. The summed E-state index contributed by atoms with van der Waals surface area (Å²) in [6.07, 6.45) is 7.58. The van der Waals surface area contributed by atoms with E-state index in [9.17, 15) is 14.4 Å². The lowest BCUT2D eigenvalue weighted by atomic mass is 9.92. The Hall–Kier alpha value is -2.37. The Morgan fingerprint density at radius 1 is 0.933 bits per heavy atom. The summed E-state index contributed by atoms with van der Waals surface area (Å²) in [5.74, 6) is -0.0460. The maximum atomic E-state index is 13.0. The quantitative estimate of drug-likeness (QED) is 0.828. The Bertz CT molecular complexity index is 777. The Kier molecular flexibility index (Phi) is 6.40. The van der Waals surface area contributed by atoms with E-state index in [0.29, 0.717) is 38.5 Å². The topological polar surface area (TPSA) is 69.7 Å². The number of anilines is 1. The van der Waals surface area contributed by atoms with Gasteiger partial charge in [-0.1, -0.05) is 37.0 Å². The van der Waals surface area contributed by atoms with Gasteiger partial charge in [-0.15, -0.1) is 0 Å². The third-order valence-electron chi connectivity index (χ3n) is 6.95. The number of hydrogen-bond donors (Lipinski definition) is 1. The van der Waals surface area contributed by atoms with Crippen LogP contribution in [0.15, 0.2) is 24.3 Å². The summed E-state index contributed by atoms with van der Waals surface area (Å²) < 4.78 is 0. The minimum atomic E-state index is -0.286. The van der Waals surface area contributed by atoms with E-state index in [-0.39, 0.29) is 36.0 Å². The Labute approximate surface area is 179 Å². The average molecular weight is 412 g/mol. The number of piperidine rings is 1. The fourth-order valence-electron chi connectivity index (χ4n) is 5.03. The van der Waals surface area contributed by atoms with Crippen LogP contribution in [0.3, 0.4) is 0 Å². The molecule has 1 aromatic carbocycles. The molecule has 3 amide bonds. The molecular formula is C24H33N3O3. The van der Waals surface area contributed by atoms with Crippen LogP contribution in [0.5, 0.6) is 0 Å². The molecule has 0 radical (unpaired) electrons. The summed E-state index contributed by atoms with van der Waals surface area (Å²) in [6, 6.07) is 8.19. The number of hydrogen-bond acceptors (Lipinski definition) is 3. The summed E-state index contributed by atoms with van der Waals surface area (Å²) in [7, 11) is 0. The number of carbonyl (C=O) groups is 3. The summed E-state index contributed by atoms with van der Waals surface area (Å²) in [5.41, 5.74) is 2.01. The minimum Gasteiger partial charge on any atom is -0.353 e. The van der Waals surface area contributed by atoms with Crippen molar-refractivity contribution in [3.05, 3.63) is 29.8 Å². The van der Waals surface area contributed by atoms with Crippen LogP contribution in [0.25, 0.3) is 0 Å². The number of carbonyl (C=O) groups excluding carboxylic acids is 3. The first-order valence-electron chi connectivity index (χ1n) is 11.5. The van der Waals surface area contributed by atoms with Gasteiger partial charge in [0.05, 0.1) is 5.92 Å². The van der Waals surface area contributed by atoms with Gasteiger partial charge in [0.25, 0.3) is 0 Å². The lowest BCUT2D eigenvalue weighted by Crippen LogP contribution is -2.47. The van der Waals surface area contributed by atoms with Crippen LogP contribution in [0.4, 0.5) is 5.69 Å². The van der Waals surface area contributed by atoms with Gasteiger partial charge in [0.2, 0.25) is 17.7 Å². The van der Waals surface area contributed by atoms with Gasteiger partial charge in [0, 0.05) is 43.7 Å². The molecule has 162 valence electrons. The third kappa shape index (κ3) is 4.68. The fraction of sp³-hybridized carbons (Fsp3) is 0.625. The van der Waals surface area contributed by atoms with Gasteiger partial charge in [0.1, 0.15) is 0 Å². The highest BCUT2D eigenvalue weighted by atomic mass is 16.2. The summed E-state index contributed by atoms with van der Waals surface area (Å²) >= 11 is 0. The summed E-state index contributed by atoms with van der Waals surface area (Å²) in [4.78, 5) is 41.7. The zero-order chi connectivity index (χ0) is 21.1. The van der Waals surface area contributed by atoms with Crippen LogP contribution < -0.4 is 10.2 Å². The van der Waals surface area contributed by atoms with Crippen LogP contribution in [0.1, 0.15) is 56.9 Å². The normalized spacial score (nSPS) is 23.6. The van der Waals surface area contributed by atoms with E-state index in [1.54, 1.807) is 4.90 Å². The Balaban J connectivity index is 1.27. The molecule has 1 atom stereocenters. The van der Waals surface area contributed by atoms with Crippen molar-refractivity contribution in [1.82, 2.24) is 10.2 Å². The molecule has 30 heavy (non-hydrogen) atoms. The van der Waals surface area contributed by atoms with Crippen LogP contribution >= 0.6 is 0 Å². The molecule has 2 aliphatic heterocycles. The first kappa shape index (κ1) is 20.9. The lowest BCUT2D eigenvalue weighted by Gasteiger charge is -2.34. The number of rotatable bonds is 4. The van der Waals surface area contributed by atoms with Gasteiger partial charge in [-0.05, 0) is 44.7 Å². The SMILES string of the molecule is Cc1ccc(N2C[C@H](C(=O)N3CCC(C(=O)NC4CCCCC4)CC3)CC2=O)cc1. The van der Waals surface area contributed by atoms with E-state index in [1.165, 1.54) is 19.3 Å². The number of benzene rings is 1. The second-order valence-corrected chi connectivity index (χ2v) is 9.18. The van der Waals surface area contributed by atoms with Gasteiger partial charge < -0.3 is 15.1 Å². The highest BCUT2D eigenvalue weighted by Gasteiger charge is 2.38. The maximum absolute atomic E-state index is 13.0. The molecule has 0 bridgehead atoms. The van der Waals surface area contributed by atoms with Crippen LogP contribution in [0.2, 0.25) is 0 Å². The number of likely N-dealkylation sites (tertiary alicyclic amines) is 1. The van der Waals surface area contributed by atoms with Gasteiger partial charge in [-0.2, -0.15) is 0 Å². The summed E-state index contributed by atoms with van der Waals surface area (Å²) in [5, 5.41) is 3.23. The molecule has 6 heteroatoms. The molecule has 1 aliphatic carbocycles. The molecule has 1 saturated carbocycles. The highest BCUT2D eigenvalue weighted by Crippen LogP contribution is 2.28. The molecule has 0 spiro atoms. The van der Waals surface area contributed by atoms with E-state index < -0.39 is 0 Å². The highest BCUT2D eigenvalue weighted by molar-refractivity contribution is 6.00. The standard InChI is InChI=1S/C24H33N3O3/c1-17-7-9-21(10-8-17)27-16-19(15-22(27)28)24(30)26-13-11-18(12-14-26)23(29)25-20-5-3-2-4-6-20/h7-10,18-20H,2-6,11-16H2,1H3,(H,25,29)/t19-/m1/s1. The number of nitrogens with one attached hydrogen (secondary N) is 1. The lowest BCUT2D eigenvalue weighted by molar-refractivity contribution is -0.139. The summed E-state index contributed by atoms with van der Waals surface area (Å²) in [6.45, 7) is 3.68. The minimum absolute atomic E-state index is 0.00486. The van der Waals surface area contributed by atoms with E-state index in [0.717, 1.165) is 24.1 Å². The van der Waals surface area contributed by atoms with Crippen molar-refractivity contribution < 1.29 is 14.4 Å². The van der Waals surface area contributed by atoms with Gasteiger partial charge in [-0.25, -0.2) is 0 Å². The second kappa shape index (κ2) is 9.19. The molecule has 1 N–H and O–H groups in total. The van der Waals surface area contributed by atoms with Crippen molar-refractivity contribution in [1.29, 1.82) is 0 Å². The molecule has 2 heterocycles. The van der Waals surface area contributed by atoms with E-state index in [2.05, 4.69) is 5.32 Å². The van der Waals surface area contributed by atoms with Crippen molar-refractivity contribution >= 4 is 23.4 Å². The number of nitrogens with zero attached hydrogens (tertiary/aromatic N) is 2. The smallest absolute Gasteiger partial charge is 0.228 e. The number of amides is 3. The van der Waals surface area contributed by atoms with Crippen molar-refractivity contribution in [3.8, 4) is 0 Å². The molecule has 2 saturated heterocycles. The van der Waals surface area contributed by atoms with Crippen molar-refractivity contribution in [2.75, 3.05) is 24.5 Å². The van der Waals surface area contributed by atoms with Crippen LogP contribution in [-0.2, 0) is 14.4 Å². The molecule has 0 unspecified atom stereocenters. The average Bonchev–Trinajstić information content (AvgIpc) is 3.16. The van der Waals surface area contributed by atoms with Crippen LogP contribution in [0, 0.1) is 18.8 Å². The molecular weight excluding hydrogens is 378 g/mol. The second-order valence-electron chi connectivity index (χ2n) is 9.18. The van der Waals surface area contributed by atoms with Crippen molar-refractivity contribution in [2.45, 2.75) is 64.3 Å². The van der Waals surface area contributed by atoms with Crippen molar-refractivity contribution in [3.63, 3.8) is 0 Å². The zero-order valence-corrected chi connectivity index (χ0v) is 17.9. The van der Waals surface area contributed by atoms with Gasteiger partial charge >= 0.3 is 0 Å². The molecule has 3 fully saturated rings. The monoisotopic (exact) mass is 411 g/mol. The molecule has 4 rings (SSSR count). The molecule has 3 aliphatic rings. The Morgan fingerprint density at radius 3 is 2.27 bits per heavy atom. The van der Waals surface area contributed by atoms with Crippen molar-refractivity contribution in [2.24, 2.45) is 11.8 Å². The molecule has 6 nitrogen and oxygen atoms in total. The largest absolute Gasteiger partial charge is 0.353 e. The van der Waals surface area contributed by atoms with Gasteiger partial charge in [0.15, 0.2) is 0 Å². The fourth-order valence-corrected chi connectivity index (χ4v) is 5.03. The number of aryl methyl sites for hydroxylation is 1. The van der Waals surface area contributed by atoms with E-state index in [1.807, 2.05) is 36.1 Å².